The fourth-order valence-electron chi connectivity index (χ4n) is 6.53. The number of thiazole rings is 2. The molecule has 4 aromatic carbocycles. The van der Waals surface area contributed by atoms with E-state index in [4.69, 9.17) is 29.8 Å². The summed E-state index contributed by atoms with van der Waals surface area (Å²) in [6, 6.07) is 26.8. The fourth-order valence-corrected chi connectivity index (χ4v) is 7.78. The van der Waals surface area contributed by atoms with E-state index in [1.54, 1.807) is 34.8 Å². The maximum absolute atomic E-state index is 13.0. The Morgan fingerprint density at radius 1 is 0.661 bits per heavy atom. The van der Waals surface area contributed by atoms with Crippen molar-refractivity contribution in [1.29, 1.82) is 0 Å². The van der Waals surface area contributed by atoms with Crippen molar-refractivity contribution >= 4 is 45.9 Å². The number of nitrogens with one attached hydrogen (secondary N) is 1. The van der Waals surface area contributed by atoms with Crippen molar-refractivity contribution in [3.63, 3.8) is 0 Å². The molecule has 56 heavy (non-hydrogen) atoms. The molecular weight excluding hydrogens is 749 g/mol. The van der Waals surface area contributed by atoms with Crippen LogP contribution in [0.1, 0.15) is 54.3 Å². The number of hydrogen-bond donors (Lipinski definition) is 3. The molecule has 0 bridgehead atoms. The molecule has 4 aliphatic rings. The number of aromatic nitrogens is 2. The maximum Gasteiger partial charge on any atom is 0.314 e. The van der Waals surface area contributed by atoms with Gasteiger partial charge in [-0.05, 0) is 99.2 Å². The van der Waals surface area contributed by atoms with Gasteiger partial charge in [-0.1, -0.05) is 43.8 Å². The van der Waals surface area contributed by atoms with Crippen LogP contribution in [0.2, 0.25) is 0 Å². The topological polar surface area (TPSA) is 155 Å². The summed E-state index contributed by atoms with van der Waals surface area (Å²) in [5.41, 5.74) is 12.0. The normalized spacial score (nSPS) is 15.5. The number of carboxylic acid groups (broad SMARTS) is 1. The van der Waals surface area contributed by atoms with Gasteiger partial charge in [0.15, 0.2) is 23.0 Å². The largest absolute Gasteiger partial charge is 0.481 e. The summed E-state index contributed by atoms with van der Waals surface area (Å²) in [6.45, 7) is 4.46. The molecule has 11 nitrogen and oxygen atoms in total. The van der Waals surface area contributed by atoms with Crippen molar-refractivity contribution in [3.05, 3.63) is 117 Å². The molecule has 4 heterocycles. The summed E-state index contributed by atoms with van der Waals surface area (Å²) in [5, 5.41) is 18.4. The van der Waals surface area contributed by atoms with Crippen LogP contribution in [-0.2, 0) is 20.4 Å². The number of nitrogens with zero attached hydrogens (tertiary/aromatic N) is 2. The lowest BCUT2D eigenvalue weighted by molar-refractivity contribution is -0.140. The van der Waals surface area contributed by atoms with Crippen molar-refractivity contribution in [2.45, 2.75) is 57.8 Å². The number of anilines is 2. The molecule has 0 saturated heterocycles. The molecule has 0 radical (unpaired) electrons. The Morgan fingerprint density at radius 3 is 1.54 bits per heavy atom. The highest BCUT2D eigenvalue weighted by molar-refractivity contribution is 7.10. The second-order valence-corrected chi connectivity index (χ2v) is 15.9. The van der Waals surface area contributed by atoms with Crippen LogP contribution in [0.4, 0.5) is 11.4 Å². The van der Waals surface area contributed by atoms with Crippen molar-refractivity contribution in [2.24, 2.45) is 0 Å². The quantitative estimate of drug-likeness (QED) is 0.133. The van der Waals surface area contributed by atoms with Crippen LogP contribution in [0.15, 0.2) is 95.7 Å². The van der Waals surface area contributed by atoms with E-state index in [1.165, 1.54) is 0 Å². The SMILES string of the molecule is C.Cc1nc(-c2ccc(N)cc2)cs1.Cc1nc(-c2ccc(NC(=O)C3(c4ccc5c(c4)OCO5)CC3)cc2)cs1.O=C(O)C1(c2ccc3c(c2)OCO3)CC1. The minimum Gasteiger partial charge on any atom is -0.481 e. The van der Waals surface area contributed by atoms with E-state index in [2.05, 4.69) is 20.7 Å². The fraction of sp³-hybridized carbons (Fsp3) is 0.256. The predicted molar refractivity (Wildman–Crippen MR) is 219 cm³/mol. The van der Waals surface area contributed by atoms with Gasteiger partial charge in [-0.15, -0.1) is 22.7 Å². The van der Waals surface area contributed by atoms with Gasteiger partial charge in [0.05, 0.1) is 32.2 Å². The average Bonchev–Trinajstić information content (AvgIpc) is 3.90. The molecule has 4 N–H and O–H groups in total. The van der Waals surface area contributed by atoms with Gasteiger partial charge in [0.1, 0.15) is 0 Å². The number of rotatable bonds is 7. The second kappa shape index (κ2) is 15.7. The first-order valence-electron chi connectivity index (χ1n) is 17.8. The summed E-state index contributed by atoms with van der Waals surface area (Å²) >= 11 is 3.29. The number of benzene rings is 4. The third-order valence-electron chi connectivity index (χ3n) is 10.1. The molecule has 0 atom stereocenters. The van der Waals surface area contributed by atoms with Gasteiger partial charge in [-0.25, -0.2) is 9.97 Å². The van der Waals surface area contributed by atoms with Gasteiger partial charge in [-0.2, -0.15) is 0 Å². The molecule has 2 aliphatic carbocycles. The van der Waals surface area contributed by atoms with Gasteiger partial charge in [0.25, 0.3) is 0 Å². The number of hydrogen-bond acceptors (Lipinski definition) is 11. The van der Waals surface area contributed by atoms with Crippen LogP contribution in [0, 0.1) is 13.8 Å². The Kier molecular flexibility index (Phi) is 10.7. The van der Waals surface area contributed by atoms with E-state index in [1.807, 2.05) is 92.0 Å². The van der Waals surface area contributed by atoms with E-state index in [0.29, 0.717) is 24.3 Å². The highest BCUT2D eigenvalue weighted by atomic mass is 32.1. The van der Waals surface area contributed by atoms with E-state index in [0.717, 1.165) is 79.4 Å². The lowest BCUT2D eigenvalue weighted by Crippen LogP contribution is -2.27. The van der Waals surface area contributed by atoms with E-state index < -0.39 is 16.8 Å². The summed E-state index contributed by atoms with van der Waals surface area (Å²) in [5.74, 6) is 2.08. The summed E-state index contributed by atoms with van der Waals surface area (Å²) in [6.07, 6.45) is 3.10. The molecule has 2 aromatic heterocycles. The number of nitrogens with two attached hydrogens (primary N) is 1. The molecule has 2 aliphatic heterocycles. The monoisotopic (exact) mass is 790 g/mol. The number of ether oxygens (including phenoxy) is 4. The number of fused-ring (bicyclic) bond motifs is 2. The van der Waals surface area contributed by atoms with Gasteiger partial charge < -0.3 is 35.1 Å². The van der Waals surface area contributed by atoms with Crippen molar-refractivity contribution in [3.8, 4) is 45.5 Å². The third kappa shape index (κ3) is 7.91. The number of aliphatic carboxylic acids is 1. The smallest absolute Gasteiger partial charge is 0.314 e. The van der Waals surface area contributed by atoms with Gasteiger partial charge in [-0.3, -0.25) is 9.59 Å². The number of carbonyl (C=O) groups is 2. The Morgan fingerprint density at radius 2 is 1.11 bits per heavy atom. The van der Waals surface area contributed by atoms with Crippen molar-refractivity contribution in [1.82, 2.24) is 9.97 Å². The molecule has 13 heteroatoms. The zero-order chi connectivity index (χ0) is 38.2. The predicted octanol–water partition coefficient (Wildman–Crippen LogP) is 9.39. The van der Waals surface area contributed by atoms with E-state index >= 15 is 0 Å². The van der Waals surface area contributed by atoms with Gasteiger partial charge in [0, 0.05) is 33.3 Å². The molecule has 288 valence electrons. The number of nitrogen functional groups attached to an aromatic ring is 1. The van der Waals surface area contributed by atoms with E-state index in [-0.39, 0.29) is 26.9 Å². The Labute approximate surface area is 333 Å². The van der Waals surface area contributed by atoms with Crippen LogP contribution in [0.3, 0.4) is 0 Å². The number of carbonyl (C=O) groups excluding carboxylic acids is 1. The molecule has 2 fully saturated rings. The third-order valence-corrected chi connectivity index (χ3v) is 11.6. The van der Waals surface area contributed by atoms with Crippen LogP contribution < -0.4 is 30.0 Å². The van der Waals surface area contributed by atoms with Crippen molar-refractivity contribution in [2.75, 3.05) is 24.6 Å². The second-order valence-electron chi connectivity index (χ2n) is 13.8. The maximum atomic E-state index is 13.0. The Balaban J connectivity index is 0.000000140. The highest BCUT2D eigenvalue weighted by Crippen LogP contribution is 2.52. The lowest BCUT2D eigenvalue weighted by atomic mass is 9.94. The van der Waals surface area contributed by atoms with Crippen molar-refractivity contribution < 1.29 is 33.6 Å². The number of carboxylic acids is 1. The molecular formula is C43H42N4O7S2. The number of aryl methyl sites for hydroxylation is 2. The van der Waals surface area contributed by atoms with Gasteiger partial charge in [0.2, 0.25) is 19.5 Å². The van der Waals surface area contributed by atoms with Crippen LogP contribution in [0.5, 0.6) is 23.0 Å². The molecule has 1 amide bonds. The Hall–Kier alpha value is -5.92. The highest BCUT2D eigenvalue weighted by Gasteiger charge is 2.52. The molecule has 0 spiro atoms. The summed E-state index contributed by atoms with van der Waals surface area (Å²) in [4.78, 5) is 33.0. The first-order chi connectivity index (χ1) is 26.6. The lowest BCUT2D eigenvalue weighted by Gasteiger charge is -2.16. The van der Waals surface area contributed by atoms with Crippen LogP contribution in [0.25, 0.3) is 22.5 Å². The molecule has 6 aromatic rings. The minimum absolute atomic E-state index is 0. The first-order valence-corrected chi connectivity index (χ1v) is 19.5. The molecule has 10 rings (SSSR count). The molecule has 2 saturated carbocycles. The summed E-state index contributed by atoms with van der Waals surface area (Å²) in [7, 11) is 0. The van der Waals surface area contributed by atoms with E-state index in [9.17, 15) is 9.59 Å². The minimum atomic E-state index is -0.749. The number of amides is 1. The molecule has 0 unspecified atom stereocenters. The Bertz CT molecular complexity index is 2360. The van der Waals surface area contributed by atoms with Gasteiger partial charge >= 0.3 is 5.97 Å². The zero-order valence-electron chi connectivity index (χ0n) is 30.2. The zero-order valence-corrected chi connectivity index (χ0v) is 31.8. The average molecular weight is 791 g/mol. The first kappa shape index (κ1) is 38.4. The standard InChI is InChI=1S/C21H18N2O3S.C11H10O4.C10H10N2S.CH4/c1-13-22-17(11-27-13)14-2-5-16(6-3-14)23-20(24)21(8-9-21)15-4-7-18-19(10-15)26-12-25-18;12-10(13)11(3-4-11)7-1-2-8-9(5-7)15-6-14-8;1-7-12-10(6-13-7)8-2-4-9(11)5-3-8;/h2-7,10-11H,8-9,12H2,1H3,(H,23,24);1-2,5H,3-4,6H2,(H,12,13);2-6H,11H2,1H3;1H4. The van der Waals surface area contributed by atoms with Crippen LogP contribution in [-0.4, -0.2) is 40.5 Å². The van der Waals surface area contributed by atoms with Crippen LogP contribution >= 0.6 is 22.7 Å². The summed E-state index contributed by atoms with van der Waals surface area (Å²) < 4.78 is 21.2.